The lowest BCUT2D eigenvalue weighted by Crippen LogP contribution is -2.51. The molecule has 4 aromatic rings. The maximum Gasteiger partial charge on any atom is 0.328 e. The number of hydrogen-bond acceptors (Lipinski definition) is 4. The van der Waals surface area contributed by atoms with Gasteiger partial charge in [-0.05, 0) is 83.4 Å². The first-order chi connectivity index (χ1) is 17.6. The third kappa shape index (κ3) is 5.09. The molecule has 1 amide bonds. The summed E-state index contributed by atoms with van der Waals surface area (Å²) in [6, 6.07) is 22.7. The summed E-state index contributed by atoms with van der Waals surface area (Å²) in [5.41, 5.74) is 4.78. The van der Waals surface area contributed by atoms with Gasteiger partial charge in [0.15, 0.2) is 0 Å². The van der Waals surface area contributed by atoms with Gasteiger partial charge in [0.05, 0.1) is 10.2 Å². The number of rotatable bonds is 8. The molecule has 0 bridgehead atoms. The quantitative estimate of drug-likeness (QED) is 0.211. The summed E-state index contributed by atoms with van der Waals surface area (Å²) in [6.07, 6.45) is 11.5. The molecule has 1 fully saturated rings. The zero-order valence-electron chi connectivity index (χ0n) is 20.0. The summed E-state index contributed by atoms with van der Waals surface area (Å²) in [6.45, 7) is 0. The Bertz CT molecular complexity index is 1400. The molecular formula is C30H28N2O3S. The van der Waals surface area contributed by atoms with E-state index >= 15 is 0 Å². The normalized spacial score (nSPS) is 15.2. The molecule has 182 valence electrons. The lowest BCUT2D eigenvalue weighted by Gasteiger charge is -2.45. The number of anilines is 1. The van der Waals surface area contributed by atoms with Crippen LogP contribution in [0.1, 0.15) is 43.2 Å². The van der Waals surface area contributed by atoms with E-state index in [1.165, 1.54) is 33.8 Å². The highest BCUT2D eigenvalue weighted by atomic mass is 32.1. The lowest BCUT2D eigenvalue weighted by molar-refractivity contribution is -0.131. The van der Waals surface area contributed by atoms with Crippen molar-refractivity contribution in [1.29, 1.82) is 0 Å². The van der Waals surface area contributed by atoms with E-state index in [0.29, 0.717) is 0 Å². The predicted octanol–water partition coefficient (Wildman–Crippen LogP) is 6.97. The number of amides is 1. The molecule has 0 spiro atoms. The first-order valence-corrected chi connectivity index (χ1v) is 13.0. The van der Waals surface area contributed by atoms with E-state index in [1.54, 1.807) is 6.08 Å². The first-order valence-electron chi connectivity index (χ1n) is 12.3. The van der Waals surface area contributed by atoms with Crippen molar-refractivity contribution in [2.24, 2.45) is 0 Å². The molecule has 5 nitrogen and oxygen atoms in total. The first kappa shape index (κ1) is 23.9. The van der Waals surface area contributed by atoms with Crippen molar-refractivity contribution in [1.82, 2.24) is 4.37 Å². The molecule has 0 radical (unpaired) electrons. The SMILES string of the molecule is O=CN(c1cccc(/C=C/C(=O)O)c1)C1(Cc2ccc(-c3ccc4sncc4c3)cc2)CCCCC1. The predicted molar refractivity (Wildman–Crippen MR) is 146 cm³/mol. The van der Waals surface area contributed by atoms with Crippen LogP contribution >= 0.6 is 11.5 Å². The molecular weight excluding hydrogens is 468 g/mol. The number of carboxylic acid groups (broad SMARTS) is 1. The second-order valence-electron chi connectivity index (χ2n) is 9.48. The molecule has 1 aromatic heterocycles. The zero-order valence-corrected chi connectivity index (χ0v) is 20.8. The van der Waals surface area contributed by atoms with Gasteiger partial charge in [-0.15, -0.1) is 0 Å². The lowest BCUT2D eigenvalue weighted by atomic mass is 9.76. The molecule has 36 heavy (non-hydrogen) atoms. The van der Waals surface area contributed by atoms with E-state index in [0.717, 1.165) is 66.8 Å². The van der Waals surface area contributed by atoms with Gasteiger partial charge in [0.1, 0.15) is 0 Å². The topological polar surface area (TPSA) is 70.5 Å². The largest absolute Gasteiger partial charge is 0.478 e. The minimum atomic E-state index is -0.994. The summed E-state index contributed by atoms with van der Waals surface area (Å²) in [5.74, 6) is -0.994. The Kier molecular flexibility index (Phi) is 6.96. The maximum atomic E-state index is 12.5. The number of benzene rings is 3. The number of carbonyl (C=O) groups excluding carboxylic acids is 1. The molecule has 6 heteroatoms. The fraction of sp³-hybridized carbons (Fsp3) is 0.233. The van der Waals surface area contributed by atoms with Crippen LogP contribution in [0.25, 0.3) is 27.3 Å². The van der Waals surface area contributed by atoms with Crippen molar-refractivity contribution < 1.29 is 14.7 Å². The highest BCUT2D eigenvalue weighted by Crippen LogP contribution is 2.39. The summed E-state index contributed by atoms with van der Waals surface area (Å²) in [4.78, 5) is 25.3. The molecule has 0 unspecified atom stereocenters. The molecule has 3 aromatic carbocycles. The number of fused-ring (bicyclic) bond motifs is 1. The van der Waals surface area contributed by atoms with E-state index in [-0.39, 0.29) is 5.54 Å². The van der Waals surface area contributed by atoms with E-state index in [1.807, 2.05) is 35.4 Å². The van der Waals surface area contributed by atoms with Gasteiger partial charge in [0, 0.05) is 23.3 Å². The number of aromatic nitrogens is 1. The number of carboxylic acids is 1. The van der Waals surface area contributed by atoms with E-state index in [9.17, 15) is 9.59 Å². The Morgan fingerprint density at radius 1 is 1.00 bits per heavy atom. The monoisotopic (exact) mass is 496 g/mol. The summed E-state index contributed by atoms with van der Waals surface area (Å²) < 4.78 is 5.46. The smallest absolute Gasteiger partial charge is 0.328 e. The molecule has 1 N–H and O–H groups in total. The van der Waals surface area contributed by atoms with Gasteiger partial charge < -0.3 is 10.0 Å². The molecule has 1 saturated carbocycles. The summed E-state index contributed by atoms with van der Waals surface area (Å²) in [5, 5.41) is 10.1. The summed E-state index contributed by atoms with van der Waals surface area (Å²) in [7, 11) is 0. The molecule has 1 aliphatic rings. The molecule has 1 heterocycles. The minimum absolute atomic E-state index is 0.308. The average molecular weight is 497 g/mol. The van der Waals surface area contributed by atoms with Gasteiger partial charge in [0.2, 0.25) is 6.41 Å². The zero-order chi connectivity index (χ0) is 25.0. The van der Waals surface area contributed by atoms with Gasteiger partial charge in [-0.2, -0.15) is 4.37 Å². The average Bonchev–Trinajstić information content (AvgIpc) is 3.37. The van der Waals surface area contributed by atoms with E-state index < -0.39 is 5.97 Å². The fourth-order valence-corrected chi connectivity index (χ4v) is 5.98. The van der Waals surface area contributed by atoms with E-state index in [4.69, 9.17) is 5.11 Å². The van der Waals surface area contributed by atoms with Gasteiger partial charge in [-0.25, -0.2) is 4.79 Å². The van der Waals surface area contributed by atoms with Gasteiger partial charge in [-0.1, -0.05) is 61.7 Å². The van der Waals surface area contributed by atoms with Gasteiger partial charge >= 0.3 is 5.97 Å². The van der Waals surface area contributed by atoms with Crippen LogP contribution in [0.3, 0.4) is 0 Å². The van der Waals surface area contributed by atoms with Crippen molar-refractivity contribution >= 4 is 45.8 Å². The van der Waals surface area contributed by atoms with Gasteiger partial charge in [-0.3, -0.25) is 4.79 Å². The highest BCUT2D eigenvalue weighted by molar-refractivity contribution is 7.13. The van der Waals surface area contributed by atoms with Crippen molar-refractivity contribution in [3.8, 4) is 11.1 Å². The van der Waals surface area contributed by atoms with Crippen molar-refractivity contribution in [3.63, 3.8) is 0 Å². The fourth-order valence-electron chi connectivity index (χ4n) is 5.35. The van der Waals surface area contributed by atoms with Crippen LogP contribution in [0.2, 0.25) is 0 Å². The number of carbonyl (C=O) groups is 2. The van der Waals surface area contributed by atoms with Crippen molar-refractivity contribution in [2.75, 3.05) is 4.90 Å². The second-order valence-corrected chi connectivity index (χ2v) is 10.3. The molecule has 1 aliphatic carbocycles. The minimum Gasteiger partial charge on any atom is -0.478 e. The third-order valence-corrected chi connectivity index (χ3v) is 7.92. The molecule has 0 aliphatic heterocycles. The number of aliphatic carboxylic acids is 1. The van der Waals surface area contributed by atoms with Gasteiger partial charge in [0.25, 0.3) is 0 Å². The van der Waals surface area contributed by atoms with E-state index in [2.05, 4.69) is 46.8 Å². The Balaban J connectivity index is 1.43. The Labute approximate surface area is 214 Å². The number of nitrogens with zero attached hydrogens (tertiary/aromatic N) is 2. The Morgan fingerprint density at radius 3 is 2.53 bits per heavy atom. The standard InChI is InChI=1S/C30H28N2O3S/c33-21-32(27-6-4-5-22(17-27)9-14-29(34)35)30(15-2-1-3-16-30)19-23-7-10-24(11-8-23)25-12-13-28-26(18-25)20-31-36-28/h4-14,17-18,20-21H,1-3,15-16,19H2,(H,34,35)/b14-9+. The van der Waals surface area contributed by atoms with Crippen LogP contribution in [0.15, 0.2) is 79.0 Å². The number of hydrogen-bond donors (Lipinski definition) is 1. The van der Waals surface area contributed by atoms with Crippen molar-refractivity contribution in [3.05, 3.63) is 90.1 Å². The van der Waals surface area contributed by atoms with Crippen LogP contribution in [0.5, 0.6) is 0 Å². The van der Waals surface area contributed by atoms with Crippen LogP contribution in [-0.2, 0) is 16.0 Å². The highest BCUT2D eigenvalue weighted by Gasteiger charge is 2.38. The molecule has 0 atom stereocenters. The van der Waals surface area contributed by atoms with Crippen LogP contribution in [0, 0.1) is 0 Å². The summed E-state index contributed by atoms with van der Waals surface area (Å²) >= 11 is 1.51. The van der Waals surface area contributed by atoms with Crippen molar-refractivity contribution in [2.45, 2.75) is 44.1 Å². The molecule has 5 rings (SSSR count). The second kappa shape index (κ2) is 10.5. The third-order valence-electron chi connectivity index (χ3n) is 7.14. The van der Waals surface area contributed by atoms with Crippen LogP contribution in [0.4, 0.5) is 5.69 Å². The van der Waals surface area contributed by atoms with Crippen LogP contribution < -0.4 is 4.90 Å². The van der Waals surface area contributed by atoms with Crippen LogP contribution in [-0.4, -0.2) is 27.4 Å². The Morgan fingerprint density at radius 2 is 1.78 bits per heavy atom. The molecule has 0 saturated heterocycles. The maximum absolute atomic E-state index is 12.5. The Hall–Kier alpha value is -3.77.